The molecule has 6 heteroatoms. The molecule has 0 unspecified atom stereocenters. The molecule has 1 aromatic rings. The lowest BCUT2D eigenvalue weighted by molar-refractivity contribution is -0.115. The van der Waals surface area contributed by atoms with Gasteiger partial charge in [0.2, 0.25) is 0 Å². The molecule has 6 nitrogen and oxygen atoms in total. The van der Waals surface area contributed by atoms with Crippen molar-refractivity contribution in [2.75, 3.05) is 0 Å². The summed E-state index contributed by atoms with van der Waals surface area (Å²) in [6.07, 6.45) is 1.46. The maximum absolute atomic E-state index is 11.2. The Balaban J connectivity index is 2.24. The lowest BCUT2D eigenvalue weighted by Gasteiger charge is -1.97. The Labute approximate surface area is 95.9 Å². The number of hydrogen-bond acceptors (Lipinski definition) is 3. The predicted octanol–water partition coefficient (Wildman–Crippen LogP) is 0.565. The van der Waals surface area contributed by atoms with Gasteiger partial charge in [0.15, 0.2) is 0 Å². The van der Waals surface area contributed by atoms with E-state index in [9.17, 15) is 14.4 Å². The number of carboxylic acid groups (broad SMARTS) is 1. The van der Waals surface area contributed by atoms with Crippen LogP contribution in [0.15, 0.2) is 30.0 Å². The maximum atomic E-state index is 11.2. The second-order valence-electron chi connectivity index (χ2n) is 3.39. The predicted molar refractivity (Wildman–Crippen MR) is 58.1 cm³/mol. The lowest BCUT2D eigenvalue weighted by atomic mass is 10.1. The molecule has 1 aromatic carbocycles. The first-order valence-electron chi connectivity index (χ1n) is 4.73. The molecule has 0 aromatic heterocycles. The molecule has 17 heavy (non-hydrogen) atoms. The van der Waals surface area contributed by atoms with Crippen LogP contribution in [0.2, 0.25) is 0 Å². The number of carboxylic acids is 1. The van der Waals surface area contributed by atoms with E-state index in [0.29, 0.717) is 5.56 Å². The Morgan fingerprint density at radius 2 is 1.76 bits per heavy atom. The van der Waals surface area contributed by atoms with Crippen molar-refractivity contribution in [3.63, 3.8) is 0 Å². The topological polar surface area (TPSA) is 95.5 Å². The summed E-state index contributed by atoms with van der Waals surface area (Å²) in [6.45, 7) is 0. The summed E-state index contributed by atoms with van der Waals surface area (Å²) in [7, 11) is 0. The summed E-state index contributed by atoms with van der Waals surface area (Å²) in [6, 6.07) is 5.37. The number of benzene rings is 1. The molecule has 3 amide bonds. The van der Waals surface area contributed by atoms with E-state index in [1.807, 2.05) is 0 Å². The SMILES string of the molecule is O=C1NC(=O)C(=Cc2ccc(C(=O)O)cc2)N1. The number of amides is 3. The van der Waals surface area contributed by atoms with Gasteiger partial charge in [-0.25, -0.2) is 9.59 Å². The molecule has 2 rings (SSSR count). The average Bonchev–Trinajstić information content (AvgIpc) is 2.58. The number of aromatic carboxylic acids is 1. The second kappa shape index (κ2) is 4.09. The van der Waals surface area contributed by atoms with Gasteiger partial charge in [0, 0.05) is 0 Å². The quantitative estimate of drug-likeness (QED) is 0.513. The summed E-state index contributed by atoms with van der Waals surface area (Å²) in [5.74, 6) is -1.52. The molecule has 0 bridgehead atoms. The van der Waals surface area contributed by atoms with E-state index in [1.165, 1.54) is 18.2 Å². The highest BCUT2D eigenvalue weighted by Crippen LogP contribution is 2.10. The third-order valence-electron chi connectivity index (χ3n) is 2.19. The summed E-state index contributed by atoms with van der Waals surface area (Å²) in [5, 5.41) is 13.1. The Morgan fingerprint density at radius 3 is 2.24 bits per heavy atom. The van der Waals surface area contributed by atoms with Gasteiger partial charge < -0.3 is 10.4 Å². The fraction of sp³-hybridized carbons (Fsp3) is 0. The summed E-state index contributed by atoms with van der Waals surface area (Å²) < 4.78 is 0. The number of carbonyl (C=O) groups is 3. The molecular formula is C11H8N2O4. The highest BCUT2D eigenvalue weighted by atomic mass is 16.4. The van der Waals surface area contributed by atoms with Gasteiger partial charge in [-0.2, -0.15) is 0 Å². The van der Waals surface area contributed by atoms with Gasteiger partial charge in [0.05, 0.1) is 5.56 Å². The highest BCUT2D eigenvalue weighted by Gasteiger charge is 2.22. The van der Waals surface area contributed by atoms with Crippen LogP contribution in [-0.2, 0) is 4.79 Å². The molecule has 1 heterocycles. The van der Waals surface area contributed by atoms with Crippen molar-refractivity contribution in [1.29, 1.82) is 0 Å². The van der Waals surface area contributed by atoms with E-state index in [0.717, 1.165) is 0 Å². The van der Waals surface area contributed by atoms with Crippen LogP contribution in [0.1, 0.15) is 15.9 Å². The Morgan fingerprint density at radius 1 is 1.12 bits per heavy atom. The van der Waals surface area contributed by atoms with Gasteiger partial charge in [-0.05, 0) is 23.8 Å². The van der Waals surface area contributed by atoms with Crippen molar-refractivity contribution in [3.05, 3.63) is 41.1 Å². The average molecular weight is 232 g/mol. The van der Waals surface area contributed by atoms with E-state index < -0.39 is 17.9 Å². The number of hydrogen-bond donors (Lipinski definition) is 3. The minimum absolute atomic E-state index is 0.137. The van der Waals surface area contributed by atoms with Gasteiger partial charge in [-0.3, -0.25) is 10.1 Å². The van der Waals surface area contributed by atoms with E-state index in [1.54, 1.807) is 12.1 Å². The zero-order valence-electron chi connectivity index (χ0n) is 8.56. The minimum atomic E-state index is -1.02. The van der Waals surface area contributed by atoms with E-state index in [4.69, 9.17) is 5.11 Å². The number of imide groups is 1. The van der Waals surface area contributed by atoms with Gasteiger partial charge in [-0.1, -0.05) is 12.1 Å². The van der Waals surface area contributed by atoms with Gasteiger partial charge in [-0.15, -0.1) is 0 Å². The lowest BCUT2D eigenvalue weighted by Crippen LogP contribution is -2.22. The third-order valence-corrected chi connectivity index (χ3v) is 2.19. The normalized spacial score (nSPS) is 16.8. The van der Waals surface area contributed by atoms with Crippen molar-refractivity contribution in [2.45, 2.75) is 0 Å². The maximum Gasteiger partial charge on any atom is 0.335 e. The van der Waals surface area contributed by atoms with Crippen molar-refractivity contribution in [2.24, 2.45) is 0 Å². The molecule has 0 aliphatic carbocycles. The first-order valence-corrected chi connectivity index (χ1v) is 4.73. The standard InChI is InChI=1S/C11H8N2O4/c14-9-8(12-11(17)13-9)5-6-1-3-7(4-2-6)10(15)16/h1-5H,(H,15,16)(H2,12,13,14,17). The zero-order valence-corrected chi connectivity index (χ0v) is 8.56. The molecule has 1 aliphatic heterocycles. The highest BCUT2D eigenvalue weighted by molar-refractivity contribution is 6.14. The van der Waals surface area contributed by atoms with Gasteiger partial charge in [0.25, 0.3) is 5.91 Å². The minimum Gasteiger partial charge on any atom is -0.478 e. The first-order chi connectivity index (χ1) is 8.06. The number of carbonyl (C=O) groups excluding carboxylic acids is 2. The van der Waals surface area contributed by atoms with Crippen LogP contribution >= 0.6 is 0 Å². The number of nitrogens with one attached hydrogen (secondary N) is 2. The van der Waals surface area contributed by atoms with Gasteiger partial charge in [0.1, 0.15) is 5.70 Å². The van der Waals surface area contributed by atoms with Crippen LogP contribution in [0.3, 0.4) is 0 Å². The van der Waals surface area contributed by atoms with E-state index in [-0.39, 0.29) is 11.3 Å². The summed E-state index contributed by atoms with van der Waals surface area (Å²) in [4.78, 5) is 32.7. The Bertz CT molecular complexity index is 531. The molecule has 0 atom stereocenters. The fourth-order valence-electron chi connectivity index (χ4n) is 1.37. The molecule has 1 aliphatic rings. The van der Waals surface area contributed by atoms with Crippen LogP contribution in [0.5, 0.6) is 0 Å². The molecule has 0 saturated carbocycles. The van der Waals surface area contributed by atoms with Gasteiger partial charge >= 0.3 is 12.0 Å². The first kappa shape index (κ1) is 10.9. The van der Waals surface area contributed by atoms with Crippen LogP contribution in [0, 0.1) is 0 Å². The summed E-state index contributed by atoms with van der Waals surface area (Å²) >= 11 is 0. The Kier molecular flexibility index (Phi) is 2.61. The van der Waals surface area contributed by atoms with Crippen molar-refractivity contribution >= 4 is 24.0 Å². The van der Waals surface area contributed by atoms with Crippen LogP contribution in [0.4, 0.5) is 4.79 Å². The Hall–Kier alpha value is -2.63. The van der Waals surface area contributed by atoms with E-state index in [2.05, 4.69) is 10.6 Å². The monoisotopic (exact) mass is 232 g/mol. The second-order valence-corrected chi connectivity index (χ2v) is 3.39. The smallest absolute Gasteiger partial charge is 0.335 e. The molecule has 0 spiro atoms. The molecule has 86 valence electrons. The van der Waals surface area contributed by atoms with Crippen LogP contribution in [-0.4, -0.2) is 23.0 Å². The van der Waals surface area contributed by atoms with Crippen molar-refractivity contribution in [1.82, 2.24) is 10.6 Å². The molecule has 1 fully saturated rings. The third kappa shape index (κ3) is 2.31. The largest absolute Gasteiger partial charge is 0.478 e. The molecule has 0 radical (unpaired) electrons. The van der Waals surface area contributed by atoms with Crippen LogP contribution in [0.25, 0.3) is 6.08 Å². The van der Waals surface area contributed by atoms with Crippen molar-refractivity contribution < 1.29 is 19.5 Å². The summed E-state index contributed by atoms with van der Waals surface area (Å²) in [5.41, 5.74) is 0.924. The van der Waals surface area contributed by atoms with Crippen molar-refractivity contribution in [3.8, 4) is 0 Å². The number of rotatable bonds is 2. The number of urea groups is 1. The molecule has 1 saturated heterocycles. The van der Waals surface area contributed by atoms with Crippen LogP contribution < -0.4 is 10.6 Å². The van der Waals surface area contributed by atoms with E-state index >= 15 is 0 Å². The molecule has 3 N–H and O–H groups in total. The fourth-order valence-corrected chi connectivity index (χ4v) is 1.37. The molecular weight excluding hydrogens is 224 g/mol. The zero-order chi connectivity index (χ0) is 12.4.